The topological polar surface area (TPSA) is 66.4 Å². The van der Waals surface area contributed by atoms with Gasteiger partial charge < -0.3 is 14.2 Å². The molecular formula is C19H19N3O3. The molecule has 6 heteroatoms. The highest BCUT2D eigenvalue weighted by molar-refractivity contribution is 5.57. The Morgan fingerprint density at radius 1 is 0.920 bits per heavy atom. The van der Waals surface area contributed by atoms with Gasteiger partial charge in [0.05, 0.1) is 27.0 Å². The van der Waals surface area contributed by atoms with E-state index in [2.05, 4.69) is 15.0 Å². The van der Waals surface area contributed by atoms with Crippen LogP contribution in [0.15, 0.2) is 48.9 Å². The lowest BCUT2D eigenvalue weighted by Crippen LogP contribution is -2.01. The van der Waals surface area contributed by atoms with Crippen molar-refractivity contribution in [2.75, 3.05) is 21.3 Å². The fourth-order valence-electron chi connectivity index (χ4n) is 2.58. The Morgan fingerprint density at radius 2 is 1.68 bits per heavy atom. The Hall–Kier alpha value is -3.15. The van der Waals surface area contributed by atoms with Crippen LogP contribution in [-0.2, 0) is 6.42 Å². The summed E-state index contributed by atoms with van der Waals surface area (Å²) in [4.78, 5) is 13.1. The largest absolute Gasteiger partial charge is 0.493 e. The minimum Gasteiger partial charge on any atom is -0.493 e. The van der Waals surface area contributed by atoms with Crippen LogP contribution in [0.4, 0.5) is 0 Å². The van der Waals surface area contributed by atoms with Crippen LogP contribution in [-0.4, -0.2) is 36.3 Å². The van der Waals surface area contributed by atoms with E-state index in [0.717, 1.165) is 16.8 Å². The minimum absolute atomic E-state index is 0.546. The monoisotopic (exact) mass is 337 g/mol. The number of ether oxygens (including phenoxy) is 3. The molecule has 3 aromatic rings. The van der Waals surface area contributed by atoms with E-state index in [0.29, 0.717) is 29.5 Å². The van der Waals surface area contributed by atoms with Gasteiger partial charge in [-0.2, -0.15) is 0 Å². The lowest BCUT2D eigenvalue weighted by molar-refractivity contribution is 0.324. The maximum absolute atomic E-state index is 5.40. The van der Waals surface area contributed by atoms with E-state index in [1.165, 1.54) is 0 Å². The smallest absolute Gasteiger partial charge is 0.203 e. The highest BCUT2D eigenvalue weighted by Gasteiger charge is 2.14. The van der Waals surface area contributed by atoms with E-state index in [4.69, 9.17) is 14.2 Å². The number of nitrogens with zero attached hydrogens (tertiary/aromatic N) is 3. The third-order valence-electron chi connectivity index (χ3n) is 3.75. The van der Waals surface area contributed by atoms with Gasteiger partial charge in [0.1, 0.15) is 5.82 Å². The van der Waals surface area contributed by atoms with Crippen molar-refractivity contribution < 1.29 is 14.2 Å². The van der Waals surface area contributed by atoms with Gasteiger partial charge in [-0.1, -0.05) is 0 Å². The van der Waals surface area contributed by atoms with Crippen LogP contribution >= 0.6 is 0 Å². The summed E-state index contributed by atoms with van der Waals surface area (Å²) in [5, 5.41) is 0. The van der Waals surface area contributed by atoms with Crippen LogP contribution in [0.1, 0.15) is 11.4 Å². The number of aromatic nitrogens is 3. The van der Waals surface area contributed by atoms with Gasteiger partial charge in [0.15, 0.2) is 11.5 Å². The average molecular weight is 337 g/mol. The summed E-state index contributed by atoms with van der Waals surface area (Å²) < 4.78 is 16.1. The van der Waals surface area contributed by atoms with Crippen LogP contribution in [0.2, 0.25) is 0 Å². The summed E-state index contributed by atoms with van der Waals surface area (Å²) in [7, 11) is 4.78. The van der Waals surface area contributed by atoms with Gasteiger partial charge in [-0.25, -0.2) is 9.97 Å². The number of methoxy groups -OCH3 is 3. The van der Waals surface area contributed by atoms with Crippen molar-refractivity contribution in [3.05, 3.63) is 60.3 Å². The molecule has 1 aromatic carbocycles. The SMILES string of the molecule is COc1cc(Cc2nccc(-c3cccnc3)n2)cc(OC)c1OC. The Balaban J connectivity index is 1.93. The second-order valence-electron chi connectivity index (χ2n) is 5.31. The standard InChI is InChI=1S/C19H19N3O3/c1-23-16-9-13(10-17(24-2)19(16)25-3)11-18-21-8-6-15(22-18)14-5-4-7-20-12-14/h4-10,12H,11H2,1-3H3. The first kappa shape index (κ1) is 16.7. The first-order chi connectivity index (χ1) is 12.2. The summed E-state index contributed by atoms with van der Waals surface area (Å²) in [5.74, 6) is 2.50. The zero-order valence-corrected chi connectivity index (χ0v) is 14.4. The molecule has 0 aliphatic carbocycles. The zero-order chi connectivity index (χ0) is 17.6. The molecule has 0 fully saturated rings. The number of pyridine rings is 1. The van der Waals surface area contributed by atoms with E-state index in [1.807, 2.05) is 30.3 Å². The molecule has 2 aromatic heterocycles. The number of benzene rings is 1. The van der Waals surface area contributed by atoms with E-state index >= 15 is 0 Å². The third kappa shape index (κ3) is 3.68. The maximum Gasteiger partial charge on any atom is 0.203 e. The molecular weight excluding hydrogens is 318 g/mol. The predicted octanol–water partition coefficient (Wildman–Crippen LogP) is 3.16. The van der Waals surface area contributed by atoms with Crippen molar-refractivity contribution >= 4 is 0 Å². The van der Waals surface area contributed by atoms with Crippen molar-refractivity contribution in [1.29, 1.82) is 0 Å². The first-order valence-corrected chi connectivity index (χ1v) is 7.76. The number of hydrogen-bond donors (Lipinski definition) is 0. The van der Waals surface area contributed by atoms with Gasteiger partial charge >= 0.3 is 0 Å². The molecule has 128 valence electrons. The molecule has 0 spiro atoms. The van der Waals surface area contributed by atoms with Crippen LogP contribution in [0.5, 0.6) is 17.2 Å². The Kier molecular flexibility index (Phi) is 5.09. The van der Waals surface area contributed by atoms with Crippen LogP contribution in [0, 0.1) is 0 Å². The number of rotatable bonds is 6. The summed E-state index contributed by atoms with van der Waals surface area (Å²) in [6.07, 6.45) is 5.82. The van der Waals surface area contributed by atoms with Gasteiger partial charge in [-0.05, 0) is 35.9 Å². The second-order valence-corrected chi connectivity index (χ2v) is 5.31. The number of hydrogen-bond acceptors (Lipinski definition) is 6. The molecule has 0 aliphatic heterocycles. The highest BCUT2D eigenvalue weighted by atomic mass is 16.5. The molecule has 0 saturated carbocycles. The van der Waals surface area contributed by atoms with E-state index in [-0.39, 0.29) is 0 Å². The van der Waals surface area contributed by atoms with Gasteiger partial charge in [0.25, 0.3) is 0 Å². The predicted molar refractivity (Wildman–Crippen MR) is 94.2 cm³/mol. The van der Waals surface area contributed by atoms with Crippen molar-refractivity contribution in [2.24, 2.45) is 0 Å². The molecule has 2 heterocycles. The molecule has 0 N–H and O–H groups in total. The minimum atomic E-state index is 0.546. The summed E-state index contributed by atoms with van der Waals surface area (Å²) in [6.45, 7) is 0. The van der Waals surface area contributed by atoms with E-state index in [1.54, 1.807) is 39.9 Å². The lowest BCUT2D eigenvalue weighted by atomic mass is 10.1. The molecule has 0 radical (unpaired) electrons. The Bertz CT molecular complexity index is 829. The summed E-state index contributed by atoms with van der Waals surface area (Å²) in [5.41, 5.74) is 2.76. The Morgan fingerprint density at radius 3 is 2.28 bits per heavy atom. The fraction of sp³-hybridized carbons (Fsp3) is 0.211. The van der Waals surface area contributed by atoms with Gasteiger partial charge in [0.2, 0.25) is 5.75 Å². The van der Waals surface area contributed by atoms with Gasteiger partial charge in [0, 0.05) is 30.6 Å². The van der Waals surface area contributed by atoms with Gasteiger partial charge in [-0.3, -0.25) is 4.98 Å². The third-order valence-corrected chi connectivity index (χ3v) is 3.75. The van der Waals surface area contributed by atoms with E-state index in [9.17, 15) is 0 Å². The second kappa shape index (κ2) is 7.61. The molecule has 0 amide bonds. The van der Waals surface area contributed by atoms with Crippen LogP contribution in [0.3, 0.4) is 0 Å². The first-order valence-electron chi connectivity index (χ1n) is 7.76. The normalized spacial score (nSPS) is 10.4. The van der Waals surface area contributed by atoms with E-state index < -0.39 is 0 Å². The van der Waals surface area contributed by atoms with Crippen molar-refractivity contribution in [3.63, 3.8) is 0 Å². The van der Waals surface area contributed by atoms with Crippen molar-refractivity contribution in [1.82, 2.24) is 15.0 Å². The van der Waals surface area contributed by atoms with Crippen LogP contribution in [0.25, 0.3) is 11.3 Å². The molecule has 0 saturated heterocycles. The quantitative estimate of drug-likeness (QED) is 0.688. The molecule has 0 aliphatic rings. The maximum atomic E-state index is 5.40. The van der Waals surface area contributed by atoms with Gasteiger partial charge in [-0.15, -0.1) is 0 Å². The zero-order valence-electron chi connectivity index (χ0n) is 14.4. The summed E-state index contributed by atoms with van der Waals surface area (Å²) >= 11 is 0. The fourth-order valence-corrected chi connectivity index (χ4v) is 2.58. The average Bonchev–Trinajstić information content (AvgIpc) is 2.68. The molecule has 0 unspecified atom stereocenters. The summed E-state index contributed by atoms with van der Waals surface area (Å²) in [6, 6.07) is 9.54. The molecule has 0 atom stereocenters. The van der Waals surface area contributed by atoms with Crippen LogP contribution < -0.4 is 14.2 Å². The molecule has 25 heavy (non-hydrogen) atoms. The molecule has 3 rings (SSSR count). The molecule has 6 nitrogen and oxygen atoms in total. The lowest BCUT2D eigenvalue weighted by Gasteiger charge is -2.14. The Labute approximate surface area is 146 Å². The van der Waals surface area contributed by atoms with Crippen molar-refractivity contribution in [3.8, 4) is 28.5 Å². The highest BCUT2D eigenvalue weighted by Crippen LogP contribution is 2.38. The van der Waals surface area contributed by atoms with Crippen molar-refractivity contribution in [2.45, 2.75) is 6.42 Å². The molecule has 0 bridgehead atoms.